The number of rotatable bonds is 17. The average Bonchev–Trinajstić information content (AvgIpc) is 3.57. The molecule has 29 nitrogen and oxygen atoms in total. The lowest BCUT2D eigenvalue weighted by atomic mass is 10.0. The molecular weight excluding hydrogens is 1090 g/mol. The number of azo groups is 4. The zero-order chi connectivity index (χ0) is 56.6. The third-order valence-electron chi connectivity index (χ3n) is 10.9. The molecule has 0 bridgehead atoms. The Labute approximate surface area is 434 Å². The first-order valence-corrected chi connectivity index (χ1v) is 25.3. The predicted octanol–water partition coefficient (Wildman–Crippen LogP) is 9.71. The summed E-state index contributed by atoms with van der Waals surface area (Å²) < 4.78 is 117. The molecule has 0 atom stereocenters. The zero-order valence-corrected chi connectivity index (χ0v) is 40.8. The summed E-state index contributed by atoms with van der Waals surface area (Å²) in [6.45, 7) is 0.00959. The highest BCUT2D eigenvalue weighted by molar-refractivity contribution is 7.86. The number of phenols is 3. The monoisotopic (exact) mass is 1120 g/mol. The second kappa shape index (κ2) is 20.8. The number of nitrogens with zero attached hydrogens (tertiary/aromatic N) is 8. The van der Waals surface area contributed by atoms with Crippen molar-refractivity contribution < 1.29 is 93.1 Å². The van der Waals surface area contributed by atoms with Crippen LogP contribution >= 0.6 is 0 Å². The number of carbonyl (C=O) groups excluding carboxylic acids is 2. The lowest BCUT2D eigenvalue weighted by Crippen LogP contribution is -2.03. The largest absolute Gasteiger partial charge is 0.505 e. The SMILES string of the molecule is Nc1ccc(N=Nc2ccc(S(=O)(=O)O)c3cc(S(=O)(=O)O)c(N=Nc4cc(OC=O)cc(C(=O)O)c4)c(O)c23)c2cc(S(=O)(=O)O)c(N=Nc3cccc4ccc(N=Nc5cc(OC=O)cc(C(=O)O)c5)c(O)c34)c(O)c12. The van der Waals surface area contributed by atoms with Crippen molar-refractivity contribution >= 4 is 139 Å². The molecule has 32 heteroatoms. The highest BCUT2D eigenvalue weighted by atomic mass is 32.2. The number of aromatic carboxylic acids is 2. The first-order valence-electron chi connectivity index (χ1n) is 21.0. The van der Waals surface area contributed by atoms with Gasteiger partial charge < -0.3 is 40.7 Å². The van der Waals surface area contributed by atoms with Crippen LogP contribution in [0.2, 0.25) is 0 Å². The van der Waals surface area contributed by atoms with Crippen LogP contribution in [0.1, 0.15) is 20.7 Å². The number of anilines is 1. The number of phenolic OH excluding ortho intramolecular Hbond substituents is 3. The minimum absolute atomic E-state index is 0.0533. The molecule has 8 aromatic carbocycles. The molecular formula is C46H29N9O20S3. The van der Waals surface area contributed by atoms with Gasteiger partial charge in [-0.3, -0.25) is 23.2 Å². The van der Waals surface area contributed by atoms with E-state index in [2.05, 4.69) is 45.7 Å². The van der Waals surface area contributed by atoms with E-state index in [1.54, 1.807) is 0 Å². The van der Waals surface area contributed by atoms with Gasteiger partial charge in [0.05, 0.1) is 55.7 Å². The summed E-state index contributed by atoms with van der Waals surface area (Å²) in [6.07, 6.45) is 0. The van der Waals surface area contributed by atoms with Gasteiger partial charge in [0, 0.05) is 28.6 Å². The van der Waals surface area contributed by atoms with Gasteiger partial charge in [-0.25, -0.2) is 9.59 Å². The normalized spacial score (nSPS) is 12.4. The highest BCUT2D eigenvalue weighted by Crippen LogP contribution is 2.50. The fourth-order valence-corrected chi connectivity index (χ4v) is 9.55. The predicted molar refractivity (Wildman–Crippen MR) is 268 cm³/mol. The molecule has 0 aromatic heterocycles. The molecule has 0 saturated carbocycles. The van der Waals surface area contributed by atoms with Crippen molar-refractivity contribution in [2.45, 2.75) is 14.7 Å². The van der Waals surface area contributed by atoms with Crippen LogP contribution in [0.5, 0.6) is 28.7 Å². The lowest BCUT2D eigenvalue weighted by molar-refractivity contribution is -0.121. The third kappa shape index (κ3) is 10.9. The van der Waals surface area contributed by atoms with Crippen molar-refractivity contribution in [3.63, 3.8) is 0 Å². The minimum Gasteiger partial charge on any atom is -0.505 e. The van der Waals surface area contributed by atoms with Gasteiger partial charge in [-0.2, -0.15) is 35.5 Å². The van der Waals surface area contributed by atoms with E-state index in [0.717, 1.165) is 54.6 Å². The molecule has 0 radical (unpaired) electrons. The number of carboxylic acids is 2. The lowest BCUT2D eigenvalue weighted by Gasteiger charge is -2.13. The van der Waals surface area contributed by atoms with Gasteiger partial charge in [-0.05, 0) is 78.2 Å². The number of nitrogens with two attached hydrogens (primary N) is 1. The average molecular weight is 1120 g/mol. The van der Waals surface area contributed by atoms with E-state index in [-0.39, 0.29) is 74.6 Å². The first-order chi connectivity index (χ1) is 36.8. The van der Waals surface area contributed by atoms with Crippen molar-refractivity contribution in [1.82, 2.24) is 0 Å². The Morgan fingerprint density at radius 3 is 1.47 bits per heavy atom. The number of ether oxygens (including phenoxy) is 2. The molecule has 0 heterocycles. The number of benzene rings is 8. The van der Waals surface area contributed by atoms with Crippen LogP contribution in [-0.2, 0) is 39.9 Å². The molecule has 78 heavy (non-hydrogen) atoms. The summed E-state index contributed by atoms with van der Waals surface area (Å²) in [4.78, 5) is 41.8. The van der Waals surface area contributed by atoms with Crippen molar-refractivity contribution in [2.75, 3.05) is 5.73 Å². The Bertz CT molecular complexity index is 4420. The quantitative estimate of drug-likeness (QED) is 0.0177. The fraction of sp³-hybridized carbons (Fsp3) is 0. The van der Waals surface area contributed by atoms with Gasteiger partial charge in [0.15, 0.2) is 17.2 Å². The van der Waals surface area contributed by atoms with Crippen LogP contribution < -0.4 is 15.2 Å². The minimum atomic E-state index is -5.50. The van der Waals surface area contributed by atoms with E-state index in [1.165, 1.54) is 36.4 Å². The van der Waals surface area contributed by atoms with Crippen LogP contribution in [0.15, 0.2) is 159 Å². The van der Waals surface area contributed by atoms with Crippen molar-refractivity contribution in [2.24, 2.45) is 40.9 Å². The maximum absolute atomic E-state index is 13.0. The molecule has 0 aliphatic rings. The molecule has 8 rings (SSSR count). The standard InChI is InChI=1S/C46H29N9O20S3/c47-29-5-7-30(50-51-32-8-9-34(76(65,66)67)28-17-36(78(71,72)73)41(44(60)39(28)32)54-49-24-11-22(46(63)64)13-26(15-24)75-19-57)27-16-35(77(68,69)70)40(43(59)38(27)29)55-52-31-3-1-2-20-4-6-33(42(58)37(20)31)53-48-23-10-21(45(61)62)12-25(14-23)74-18-56/h1-19,58-60H,47H2,(H,61,62)(H,63,64)(H,65,66,67)(H,68,69,70)(H,71,72,73). The second-order valence-electron chi connectivity index (χ2n) is 15.7. The Balaban J connectivity index is 1.25. The van der Waals surface area contributed by atoms with E-state index < -0.39 is 113 Å². The van der Waals surface area contributed by atoms with Crippen LogP contribution in [0.25, 0.3) is 32.3 Å². The number of aromatic hydroxyl groups is 3. The van der Waals surface area contributed by atoms with Crippen LogP contribution in [-0.4, -0.2) is 89.3 Å². The third-order valence-corrected chi connectivity index (χ3v) is 13.5. The van der Waals surface area contributed by atoms with E-state index in [0.29, 0.717) is 17.5 Å². The molecule has 396 valence electrons. The van der Waals surface area contributed by atoms with Gasteiger partial charge in [-0.15, -0.1) is 30.7 Å². The summed E-state index contributed by atoms with van der Waals surface area (Å²) in [5.74, 6) is -6.37. The highest BCUT2D eigenvalue weighted by Gasteiger charge is 2.29. The maximum Gasteiger partial charge on any atom is 0.335 e. The Morgan fingerprint density at radius 2 is 0.923 bits per heavy atom. The van der Waals surface area contributed by atoms with Crippen molar-refractivity contribution in [1.29, 1.82) is 0 Å². The molecule has 0 amide bonds. The first kappa shape index (κ1) is 54.0. The molecule has 10 N–H and O–H groups in total. The molecule has 0 aliphatic heterocycles. The number of nitrogen functional groups attached to an aromatic ring is 1. The maximum atomic E-state index is 13.0. The number of hydrogen-bond donors (Lipinski definition) is 9. The van der Waals surface area contributed by atoms with Gasteiger partial charge in [0.2, 0.25) is 0 Å². The summed E-state index contributed by atoms with van der Waals surface area (Å²) in [5.41, 5.74) is 1.29. The molecule has 0 saturated heterocycles. The van der Waals surface area contributed by atoms with Crippen molar-refractivity contribution in [3.8, 4) is 28.7 Å². The van der Waals surface area contributed by atoms with Crippen molar-refractivity contribution in [3.05, 3.63) is 114 Å². The number of fused-ring (bicyclic) bond motifs is 3. The van der Waals surface area contributed by atoms with Gasteiger partial charge in [0.1, 0.15) is 43.2 Å². The van der Waals surface area contributed by atoms with E-state index >= 15 is 0 Å². The van der Waals surface area contributed by atoms with E-state index in [1.807, 2.05) is 0 Å². The summed E-state index contributed by atoms with van der Waals surface area (Å²) in [6, 6.07) is 18.2. The Kier molecular flexibility index (Phi) is 14.4. The molecule has 8 aromatic rings. The smallest absolute Gasteiger partial charge is 0.335 e. The Hall–Kier alpha value is -10.3. The van der Waals surface area contributed by atoms with Gasteiger partial charge in [0.25, 0.3) is 43.3 Å². The van der Waals surface area contributed by atoms with Crippen LogP contribution in [0.3, 0.4) is 0 Å². The second-order valence-corrected chi connectivity index (χ2v) is 19.9. The molecule has 0 fully saturated rings. The topological polar surface area (TPSA) is 476 Å². The number of carbonyl (C=O) groups is 4. The van der Waals surface area contributed by atoms with E-state index in [9.17, 15) is 83.6 Å². The number of hydrogen-bond acceptors (Lipinski definition) is 24. The van der Waals surface area contributed by atoms with Gasteiger partial charge >= 0.3 is 11.9 Å². The van der Waals surface area contributed by atoms with Crippen LogP contribution in [0.4, 0.5) is 51.2 Å². The van der Waals surface area contributed by atoms with Crippen LogP contribution in [0, 0.1) is 0 Å². The summed E-state index contributed by atoms with van der Waals surface area (Å²) in [7, 11) is -16.2. The molecule has 0 aliphatic carbocycles. The summed E-state index contributed by atoms with van der Waals surface area (Å²) in [5, 5.41) is 83.1. The Morgan fingerprint density at radius 1 is 0.462 bits per heavy atom. The number of carboxylic acid groups (broad SMARTS) is 2. The zero-order valence-electron chi connectivity index (χ0n) is 38.3. The van der Waals surface area contributed by atoms with Gasteiger partial charge in [-0.1, -0.05) is 18.2 Å². The molecule has 0 spiro atoms. The summed E-state index contributed by atoms with van der Waals surface area (Å²) >= 11 is 0. The molecule has 0 unspecified atom stereocenters. The van der Waals surface area contributed by atoms with E-state index in [4.69, 9.17) is 10.5 Å². The fourth-order valence-electron chi connectivity index (χ4n) is 7.57.